The molecule has 6 atom stereocenters. The first-order valence-corrected chi connectivity index (χ1v) is 15.8. The van der Waals surface area contributed by atoms with Crippen molar-refractivity contribution in [2.45, 2.75) is 96.4 Å². The Bertz CT molecular complexity index is 1510. The Hall–Kier alpha value is -4.03. The first-order chi connectivity index (χ1) is 21.7. The van der Waals surface area contributed by atoms with E-state index < -0.39 is 77.5 Å². The van der Waals surface area contributed by atoms with Crippen LogP contribution in [0.15, 0.2) is 30.4 Å². The van der Waals surface area contributed by atoms with Crippen molar-refractivity contribution in [1.82, 2.24) is 20.2 Å². The van der Waals surface area contributed by atoms with Gasteiger partial charge in [-0.05, 0) is 43.2 Å². The number of nitrogens with one attached hydrogen (secondary N) is 1. The minimum atomic E-state index is -3.43. The summed E-state index contributed by atoms with van der Waals surface area (Å²) in [6.45, 7) is 6.61. The second-order valence-corrected chi connectivity index (χ2v) is 13.5. The van der Waals surface area contributed by atoms with Gasteiger partial charge in [0, 0.05) is 24.3 Å². The smallest absolute Gasteiger partial charge is 0.408 e. The molecule has 1 aromatic heterocycles. The van der Waals surface area contributed by atoms with Gasteiger partial charge in [0.25, 0.3) is 5.92 Å². The molecule has 46 heavy (non-hydrogen) atoms. The number of carboxylic acid groups (broad SMARTS) is 1. The molecule has 2 bridgehead atoms. The number of nitrogens with zero attached hydrogens (tertiary/aromatic N) is 3. The molecule has 5 rings (SSSR count). The van der Waals surface area contributed by atoms with Gasteiger partial charge in [0.1, 0.15) is 30.0 Å². The third-order valence-electron chi connectivity index (χ3n) is 9.17. The third-order valence-corrected chi connectivity index (χ3v) is 9.17. The fourth-order valence-corrected chi connectivity index (χ4v) is 6.55. The van der Waals surface area contributed by atoms with Crippen LogP contribution in [0.2, 0.25) is 0 Å². The summed E-state index contributed by atoms with van der Waals surface area (Å²) >= 11 is 0. The molecule has 13 heteroatoms. The van der Waals surface area contributed by atoms with E-state index in [2.05, 4.69) is 15.3 Å². The molecular formula is C33H42F2N4O7. The number of methoxy groups -OCH3 is 1. The minimum Gasteiger partial charge on any atom is -0.497 e. The van der Waals surface area contributed by atoms with Gasteiger partial charge in [-0.25, -0.2) is 19.6 Å². The maximum absolute atomic E-state index is 16.0. The number of alkyl halides is 2. The molecule has 1 aliphatic carbocycles. The number of benzene rings is 1. The summed E-state index contributed by atoms with van der Waals surface area (Å²) < 4.78 is 49.3. The Balaban J connectivity index is 1.59. The van der Waals surface area contributed by atoms with Crippen molar-refractivity contribution in [3.63, 3.8) is 0 Å². The number of carboxylic acids is 1. The molecule has 1 aromatic carbocycles. The summed E-state index contributed by atoms with van der Waals surface area (Å²) in [6.07, 6.45) is 3.48. The van der Waals surface area contributed by atoms with Gasteiger partial charge in [0.15, 0.2) is 5.69 Å². The van der Waals surface area contributed by atoms with E-state index in [4.69, 9.17) is 14.2 Å². The average Bonchev–Trinajstić information content (AvgIpc) is 3.32. The first kappa shape index (κ1) is 33.3. The van der Waals surface area contributed by atoms with Crippen LogP contribution >= 0.6 is 0 Å². The lowest BCUT2D eigenvalue weighted by molar-refractivity contribution is -0.151. The summed E-state index contributed by atoms with van der Waals surface area (Å²) in [6, 6.07) is 2.20. The van der Waals surface area contributed by atoms with Crippen molar-refractivity contribution in [2.24, 2.45) is 17.3 Å². The van der Waals surface area contributed by atoms with E-state index in [1.807, 2.05) is 12.2 Å². The van der Waals surface area contributed by atoms with Crippen LogP contribution in [0.25, 0.3) is 11.0 Å². The van der Waals surface area contributed by atoms with E-state index in [1.54, 1.807) is 45.9 Å². The Morgan fingerprint density at radius 1 is 1.11 bits per heavy atom. The van der Waals surface area contributed by atoms with Crippen LogP contribution in [-0.2, 0) is 20.2 Å². The molecular weight excluding hydrogens is 602 g/mol. The summed E-state index contributed by atoms with van der Waals surface area (Å²) in [5.74, 6) is -6.34. The van der Waals surface area contributed by atoms with Gasteiger partial charge in [-0.15, -0.1) is 0 Å². The molecule has 250 valence electrons. The highest BCUT2D eigenvalue weighted by Gasteiger charge is 2.51. The van der Waals surface area contributed by atoms with Crippen molar-refractivity contribution in [2.75, 3.05) is 13.7 Å². The van der Waals surface area contributed by atoms with Crippen LogP contribution < -0.4 is 14.8 Å². The largest absolute Gasteiger partial charge is 0.497 e. The summed E-state index contributed by atoms with van der Waals surface area (Å²) in [5, 5.41) is 12.9. The number of amides is 2. The van der Waals surface area contributed by atoms with E-state index in [1.165, 1.54) is 7.11 Å². The van der Waals surface area contributed by atoms with Crippen molar-refractivity contribution in [3.8, 4) is 11.6 Å². The summed E-state index contributed by atoms with van der Waals surface area (Å²) in [7, 11) is 1.47. The third kappa shape index (κ3) is 6.87. The highest BCUT2D eigenvalue weighted by Crippen LogP contribution is 2.41. The standard InChI is InChI=1S/C33H42F2N4O7/c1-18-24-17-39(25(18)30(41)42)29(40)27(32(2,3)4)38-31(43)46-23-12-7-6-10-19(23)11-8-9-15-33(34,35)26-28(45-24)37-22-16-20(44-5)13-14-21(22)36-26/h6,10,13-14,16,18-19,23-25,27H,7-9,11-12,15,17H2,1-5H3,(H,38,43)(H,41,42)/t18-,19+,23-,24+,25+,27-/m1/s1. The monoisotopic (exact) mass is 644 g/mol. The second-order valence-electron chi connectivity index (χ2n) is 13.5. The molecule has 0 radical (unpaired) electrons. The lowest BCUT2D eigenvalue weighted by atomic mass is 9.85. The van der Waals surface area contributed by atoms with Crippen molar-refractivity contribution >= 4 is 29.0 Å². The molecule has 1 saturated heterocycles. The Morgan fingerprint density at radius 2 is 1.87 bits per heavy atom. The lowest BCUT2D eigenvalue weighted by Gasteiger charge is -2.35. The number of halogens is 2. The predicted molar refractivity (Wildman–Crippen MR) is 164 cm³/mol. The van der Waals surface area contributed by atoms with Crippen LogP contribution in [0.3, 0.4) is 0 Å². The molecule has 11 nitrogen and oxygen atoms in total. The maximum atomic E-state index is 16.0. The van der Waals surface area contributed by atoms with Gasteiger partial charge in [-0.1, -0.05) is 46.3 Å². The van der Waals surface area contributed by atoms with Gasteiger partial charge >= 0.3 is 12.1 Å². The zero-order valence-electron chi connectivity index (χ0n) is 26.8. The predicted octanol–water partition coefficient (Wildman–Crippen LogP) is 5.46. The number of allylic oxidation sites excluding steroid dienone is 1. The Morgan fingerprint density at radius 3 is 2.57 bits per heavy atom. The highest BCUT2D eigenvalue weighted by atomic mass is 19.3. The van der Waals surface area contributed by atoms with E-state index in [-0.39, 0.29) is 29.9 Å². The maximum Gasteiger partial charge on any atom is 0.408 e. The number of hydrogen-bond donors (Lipinski definition) is 2. The van der Waals surface area contributed by atoms with Gasteiger partial charge in [-0.3, -0.25) is 4.79 Å². The fourth-order valence-electron chi connectivity index (χ4n) is 6.55. The molecule has 0 spiro atoms. The van der Waals surface area contributed by atoms with Crippen LogP contribution in [0.5, 0.6) is 11.6 Å². The number of alkyl carbamates (subject to hydrolysis) is 1. The SMILES string of the molecule is COc1ccc2nc3c(nc2c1)O[C@H]1CN(C(=O)[C@H](C(C)(C)C)NC(=O)O[C@@H]2CCC=C[C@H]2CCCCC3(F)F)[C@H](C(=O)O)[C@@H]1C. The number of fused-ring (bicyclic) bond motifs is 5. The van der Waals surface area contributed by atoms with Crippen LogP contribution in [0.4, 0.5) is 13.6 Å². The van der Waals surface area contributed by atoms with Crippen molar-refractivity contribution in [3.05, 3.63) is 36.0 Å². The average molecular weight is 645 g/mol. The lowest BCUT2D eigenvalue weighted by Crippen LogP contribution is -2.57. The summed E-state index contributed by atoms with van der Waals surface area (Å²) in [4.78, 5) is 49.7. The summed E-state index contributed by atoms with van der Waals surface area (Å²) in [5.41, 5.74) is -0.990. The highest BCUT2D eigenvalue weighted by molar-refractivity contribution is 5.90. The molecule has 2 N–H and O–H groups in total. The normalized spacial score (nSPS) is 29.0. The topological polar surface area (TPSA) is 140 Å². The first-order valence-electron chi connectivity index (χ1n) is 15.8. The molecule has 3 aliphatic rings. The van der Waals surface area contributed by atoms with Gasteiger partial charge in [0.05, 0.1) is 24.7 Å². The number of hydrogen-bond acceptors (Lipinski definition) is 8. The molecule has 0 unspecified atom stereocenters. The quantitative estimate of drug-likeness (QED) is 0.408. The molecule has 0 saturated carbocycles. The zero-order valence-corrected chi connectivity index (χ0v) is 26.8. The van der Waals surface area contributed by atoms with E-state index >= 15 is 8.78 Å². The molecule has 2 aromatic rings. The van der Waals surface area contributed by atoms with Crippen LogP contribution in [-0.4, -0.2) is 75.9 Å². The number of carbonyl (C=O) groups excluding carboxylic acids is 2. The molecule has 1 fully saturated rings. The number of rotatable bonds is 2. The molecule has 2 aliphatic heterocycles. The zero-order chi connectivity index (χ0) is 33.4. The fraction of sp³-hybridized carbons (Fsp3) is 0.606. The Kier molecular flexibility index (Phi) is 9.42. The van der Waals surface area contributed by atoms with Crippen LogP contribution in [0, 0.1) is 17.3 Å². The number of aromatic nitrogens is 2. The van der Waals surface area contributed by atoms with Gasteiger partial charge < -0.3 is 29.5 Å². The van der Waals surface area contributed by atoms with Crippen LogP contribution in [0.1, 0.15) is 71.9 Å². The molecule has 2 amide bonds. The van der Waals surface area contributed by atoms with Crippen molar-refractivity contribution in [1.29, 1.82) is 0 Å². The number of carbonyl (C=O) groups is 3. The van der Waals surface area contributed by atoms with E-state index in [9.17, 15) is 19.5 Å². The Labute approximate surface area is 266 Å². The second kappa shape index (κ2) is 13.0. The minimum absolute atomic E-state index is 0.160. The number of aliphatic carboxylic acids is 1. The molecule has 3 heterocycles. The van der Waals surface area contributed by atoms with E-state index in [0.29, 0.717) is 31.4 Å². The van der Waals surface area contributed by atoms with Gasteiger partial charge in [0.2, 0.25) is 11.8 Å². The van der Waals surface area contributed by atoms with Crippen molar-refractivity contribution < 1.29 is 42.5 Å². The van der Waals surface area contributed by atoms with Gasteiger partial charge in [-0.2, -0.15) is 8.78 Å². The number of ether oxygens (including phenoxy) is 3. The van der Waals surface area contributed by atoms with E-state index in [0.717, 1.165) is 4.90 Å².